The highest BCUT2D eigenvalue weighted by Crippen LogP contribution is 2.34. The minimum atomic E-state index is -1.15. The van der Waals surface area contributed by atoms with E-state index in [9.17, 15) is 10.2 Å². The highest BCUT2D eigenvalue weighted by atomic mass is 35.5. The van der Waals surface area contributed by atoms with Crippen molar-refractivity contribution in [3.63, 3.8) is 0 Å². The molecule has 0 radical (unpaired) electrons. The van der Waals surface area contributed by atoms with Gasteiger partial charge >= 0.3 is 0 Å². The maximum absolute atomic E-state index is 10.5. The van der Waals surface area contributed by atoms with Gasteiger partial charge in [-0.15, -0.1) is 0 Å². The van der Waals surface area contributed by atoms with Crippen LogP contribution in [0.4, 0.5) is 0 Å². The maximum Gasteiger partial charge on any atom is 0.208 e. The van der Waals surface area contributed by atoms with Gasteiger partial charge in [0.1, 0.15) is 17.7 Å². The molecule has 1 aliphatic heterocycles. The third kappa shape index (κ3) is 3.60. The van der Waals surface area contributed by atoms with Crippen molar-refractivity contribution in [1.82, 2.24) is 29.1 Å². The molecule has 0 unspecified atom stereocenters. The first kappa shape index (κ1) is 19.8. The van der Waals surface area contributed by atoms with Crippen molar-refractivity contribution in [3.05, 3.63) is 23.4 Å². The Hall–Kier alpha value is -2.51. The van der Waals surface area contributed by atoms with Gasteiger partial charge in [0.25, 0.3) is 0 Å². The summed E-state index contributed by atoms with van der Waals surface area (Å²) in [5, 5.41) is 20.6. The Bertz CT molecular complexity index is 1100. The van der Waals surface area contributed by atoms with Gasteiger partial charge in [-0.05, 0) is 12.3 Å². The number of hydrogen-bond acceptors (Lipinski definition) is 7. The van der Waals surface area contributed by atoms with Crippen LogP contribution >= 0.6 is 11.6 Å². The molecule has 1 fully saturated rings. The van der Waals surface area contributed by atoms with Crippen molar-refractivity contribution in [2.24, 2.45) is 7.05 Å². The molecule has 4 heterocycles. The van der Waals surface area contributed by atoms with Crippen LogP contribution in [0, 0.1) is 11.8 Å². The maximum atomic E-state index is 10.5. The Morgan fingerprint density at radius 1 is 1.28 bits per heavy atom. The van der Waals surface area contributed by atoms with Crippen LogP contribution < -0.4 is 0 Å². The first-order valence-electron chi connectivity index (χ1n) is 9.41. The smallest absolute Gasteiger partial charge is 0.208 e. The zero-order valence-corrected chi connectivity index (χ0v) is 16.8. The number of unbranched alkanes of at least 4 members (excludes halogenated alkanes) is 2. The molecule has 9 nitrogen and oxygen atoms in total. The van der Waals surface area contributed by atoms with Crippen LogP contribution in [0.3, 0.4) is 0 Å². The van der Waals surface area contributed by atoms with Gasteiger partial charge in [0.2, 0.25) is 5.82 Å². The number of ether oxygens (including phenoxy) is 1. The van der Waals surface area contributed by atoms with Gasteiger partial charge in [0.05, 0.1) is 6.61 Å². The van der Waals surface area contributed by atoms with Gasteiger partial charge in [-0.3, -0.25) is 4.57 Å². The molecule has 3 aromatic heterocycles. The number of rotatable bonds is 4. The average Bonchev–Trinajstić information content (AvgIpc) is 3.37. The molecule has 2 N–H and O–H groups in total. The molecule has 3 aromatic rings. The van der Waals surface area contributed by atoms with Gasteiger partial charge < -0.3 is 19.5 Å². The topological polar surface area (TPSA) is 111 Å². The third-order valence-corrected chi connectivity index (χ3v) is 5.02. The van der Waals surface area contributed by atoms with E-state index in [4.69, 9.17) is 16.3 Å². The number of nitrogens with zero attached hydrogens (tertiary/aromatic N) is 6. The van der Waals surface area contributed by atoms with Crippen molar-refractivity contribution in [2.75, 3.05) is 6.61 Å². The molecule has 0 aromatic carbocycles. The van der Waals surface area contributed by atoms with E-state index in [2.05, 4.69) is 38.7 Å². The van der Waals surface area contributed by atoms with E-state index < -0.39 is 18.4 Å². The fraction of sp³-hybridized carbons (Fsp3) is 0.474. The van der Waals surface area contributed by atoms with Crippen LogP contribution in [0.15, 0.2) is 12.4 Å². The van der Waals surface area contributed by atoms with Crippen molar-refractivity contribution in [2.45, 2.75) is 44.6 Å². The summed E-state index contributed by atoms with van der Waals surface area (Å²) in [4.78, 5) is 17.7. The lowest BCUT2D eigenvalue weighted by Gasteiger charge is -2.19. The quantitative estimate of drug-likeness (QED) is 0.378. The average molecular weight is 417 g/mol. The van der Waals surface area contributed by atoms with E-state index in [1.165, 1.54) is 0 Å². The fourth-order valence-electron chi connectivity index (χ4n) is 3.19. The SMILES string of the molecule is CCCCC#Cc1nc(Cl)c2nc(-c3nccn3C)n([C@@H]3OC[C@@H](O)[C@H]3O)c2n1. The largest absolute Gasteiger partial charge is 0.388 e. The number of imidazole rings is 2. The van der Waals surface area contributed by atoms with Crippen LogP contribution in [0.1, 0.15) is 38.2 Å². The Kier molecular flexibility index (Phi) is 5.52. The normalized spacial score (nSPS) is 21.5. The van der Waals surface area contributed by atoms with Crippen molar-refractivity contribution >= 4 is 22.8 Å². The lowest BCUT2D eigenvalue weighted by Crippen LogP contribution is -2.29. The second kappa shape index (κ2) is 8.08. The predicted molar refractivity (Wildman–Crippen MR) is 106 cm³/mol. The highest BCUT2D eigenvalue weighted by molar-refractivity contribution is 6.33. The molecule has 0 amide bonds. The molecule has 4 rings (SSSR count). The Balaban J connectivity index is 1.90. The van der Waals surface area contributed by atoms with E-state index in [1.807, 2.05) is 7.05 Å². The predicted octanol–water partition coefficient (Wildman–Crippen LogP) is 1.67. The number of aliphatic hydroxyl groups is 2. The van der Waals surface area contributed by atoms with Crippen molar-refractivity contribution < 1.29 is 14.9 Å². The molecule has 1 saturated heterocycles. The van der Waals surface area contributed by atoms with Gasteiger partial charge in [-0.25, -0.2) is 19.9 Å². The van der Waals surface area contributed by atoms with E-state index in [-0.39, 0.29) is 17.6 Å². The molecule has 10 heteroatoms. The van der Waals surface area contributed by atoms with E-state index >= 15 is 0 Å². The summed E-state index contributed by atoms with van der Waals surface area (Å²) in [6.45, 7) is 2.09. The number of aliphatic hydroxyl groups excluding tert-OH is 2. The monoisotopic (exact) mass is 416 g/mol. The lowest BCUT2D eigenvalue weighted by molar-refractivity contribution is -0.0153. The number of halogens is 1. The number of fused-ring (bicyclic) bond motifs is 1. The molecule has 3 atom stereocenters. The fourth-order valence-corrected chi connectivity index (χ4v) is 3.40. The van der Waals surface area contributed by atoms with E-state index in [0.717, 1.165) is 19.3 Å². The second-order valence-electron chi connectivity index (χ2n) is 6.86. The summed E-state index contributed by atoms with van der Waals surface area (Å²) in [6, 6.07) is 0. The van der Waals surface area contributed by atoms with Gasteiger partial charge in [0.15, 0.2) is 28.7 Å². The van der Waals surface area contributed by atoms with Crippen LogP contribution in [0.25, 0.3) is 22.8 Å². The Labute approximate surface area is 172 Å². The summed E-state index contributed by atoms with van der Waals surface area (Å²) < 4.78 is 9.03. The standard InChI is InChI=1S/C19H21ClN6O3/c1-3-4-5-6-7-12-22-15(20)13-16(23-12)26(19-14(28)11(27)10-29-19)18(24-13)17-21-8-9-25(17)2/h8-9,11,14,19,27-28H,3-5,10H2,1-2H3/t11-,14-,19-/m1/s1. The first-order chi connectivity index (χ1) is 14.0. The van der Waals surface area contributed by atoms with E-state index in [1.54, 1.807) is 21.5 Å². The molecule has 1 aliphatic rings. The minimum absolute atomic E-state index is 0.00594. The molecular formula is C19H21ClN6O3. The minimum Gasteiger partial charge on any atom is -0.388 e. The first-order valence-corrected chi connectivity index (χ1v) is 9.78. The van der Waals surface area contributed by atoms with Crippen LogP contribution in [-0.2, 0) is 11.8 Å². The molecular weight excluding hydrogens is 396 g/mol. The van der Waals surface area contributed by atoms with E-state index in [0.29, 0.717) is 22.8 Å². The van der Waals surface area contributed by atoms with Crippen LogP contribution in [-0.4, -0.2) is 58.1 Å². The molecule has 0 saturated carbocycles. The zero-order chi connectivity index (χ0) is 20.5. The summed E-state index contributed by atoms with van der Waals surface area (Å²) >= 11 is 6.39. The third-order valence-electron chi connectivity index (χ3n) is 4.75. The molecule has 0 spiro atoms. The molecule has 0 bridgehead atoms. The van der Waals surface area contributed by atoms with Crippen LogP contribution in [0.2, 0.25) is 5.15 Å². The molecule has 152 valence electrons. The molecule has 29 heavy (non-hydrogen) atoms. The van der Waals surface area contributed by atoms with Gasteiger partial charge in [-0.2, -0.15) is 0 Å². The second-order valence-corrected chi connectivity index (χ2v) is 7.22. The zero-order valence-electron chi connectivity index (χ0n) is 16.1. The number of hydrogen-bond donors (Lipinski definition) is 2. The van der Waals surface area contributed by atoms with Crippen LogP contribution in [0.5, 0.6) is 0 Å². The van der Waals surface area contributed by atoms with Crippen molar-refractivity contribution in [3.8, 4) is 23.5 Å². The highest BCUT2D eigenvalue weighted by Gasteiger charge is 2.39. The lowest BCUT2D eigenvalue weighted by atomic mass is 10.2. The summed E-state index contributed by atoms with van der Waals surface area (Å²) in [5.41, 5.74) is 0.710. The van der Waals surface area contributed by atoms with Gasteiger partial charge in [0, 0.05) is 25.9 Å². The number of aryl methyl sites for hydroxylation is 1. The summed E-state index contributed by atoms with van der Waals surface area (Å²) in [7, 11) is 1.82. The summed E-state index contributed by atoms with van der Waals surface area (Å²) in [5.74, 6) is 7.17. The Morgan fingerprint density at radius 3 is 2.76 bits per heavy atom. The Morgan fingerprint density at radius 2 is 2.10 bits per heavy atom. The summed E-state index contributed by atoms with van der Waals surface area (Å²) in [6.07, 6.45) is 3.13. The van der Waals surface area contributed by atoms with Crippen molar-refractivity contribution in [1.29, 1.82) is 0 Å². The molecule has 0 aliphatic carbocycles. The number of aromatic nitrogens is 6. The van der Waals surface area contributed by atoms with Gasteiger partial charge in [-0.1, -0.05) is 30.9 Å².